The molecule has 7 rings (SSSR count). The fourth-order valence-electron chi connectivity index (χ4n) is 7.75. The summed E-state index contributed by atoms with van der Waals surface area (Å²) in [7, 11) is 0. The van der Waals surface area contributed by atoms with E-state index >= 15 is 0 Å². The number of rotatable bonds is 6. The van der Waals surface area contributed by atoms with Gasteiger partial charge in [-0.05, 0) is 88.0 Å². The summed E-state index contributed by atoms with van der Waals surface area (Å²) >= 11 is 0. The molecule has 0 bridgehead atoms. The van der Waals surface area contributed by atoms with E-state index in [1.807, 2.05) is 11.8 Å². The van der Waals surface area contributed by atoms with Gasteiger partial charge in [0.1, 0.15) is 29.6 Å². The van der Waals surface area contributed by atoms with Crippen LogP contribution in [0.15, 0.2) is 24.3 Å². The lowest BCUT2D eigenvalue weighted by atomic mass is 9.95. The molecule has 0 spiro atoms. The molecule has 3 fully saturated rings. The van der Waals surface area contributed by atoms with Crippen molar-refractivity contribution in [2.75, 3.05) is 42.6 Å². The van der Waals surface area contributed by atoms with E-state index in [4.69, 9.17) is 14.7 Å². The molecule has 0 radical (unpaired) electrons. The van der Waals surface area contributed by atoms with Crippen LogP contribution in [0.4, 0.5) is 15.9 Å². The minimum Gasteiger partial charge on any atom is -0.508 e. The third kappa shape index (κ3) is 4.46. The first-order valence-corrected chi connectivity index (χ1v) is 15.2. The van der Waals surface area contributed by atoms with E-state index in [9.17, 15) is 19.4 Å². The Balaban J connectivity index is 1.30. The number of ether oxygens (including phenoxy) is 1. The second kappa shape index (κ2) is 10.1. The first-order valence-electron chi connectivity index (χ1n) is 15.2. The van der Waals surface area contributed by atoms with E-state index in [0.717, 1.165) is 45.2 Å². The number of benzene rings is 2. The van der Waals surface area contributed by atoms with Gasteiger partial charge in [0.25, 0.3) is 5.91 Å². The Morgan fingerprint density at radius 1 is 1.07 bits per heavy atom. The third-order valence-corrected chi connectivity index (χ3v) is 9.74. The Bertz CT molecular complexity index is 1570. The van der Waals surface area contributed by atoms with Crippen molar-refractivity contribution in [2.24, 2.45) is 0 Å². The van der Waals surface area contributed by atoms with Crippen molar-refractivity contribution >= 4 is 28.2 Å². The van der Waals surface area contributed by atoms with E-state index < -0.39 is 5.60 Å². The highest BCUT2D eigenvalue weighted by Gasteiger charge is 2.45. The molecule has 222 valence electrons. The number of aromatic hydroxyl groups is 1. The van der Waals surface area contributed by atoms with E-state index in [0.29, 0.717) is 71.6 Å². The molecular weight excluding hydrogens is 537 g/mol. The number of nitrogens with zero attached hydrogens (tertiary/aromatic N) is 5. The molecule has 10 heteroatoms. The van der Waals surface area contributed by atoms with Crippen molar-refractivity contribution in [1.29, 1.82) is 0 Å². The van der Waals surface area contributed by atoms with Crippen molar-refractivity contribution in [2.45, 2.75) is 76.5 Å². The third-order valence-electron chi connectivity index (χ3n) is 9.74. The second-order valence-corrected chi connectivity index (χ2v) is 12.7. The van der Waals surface area contributed by atoms with E-state index in [2.05, 4.69) is 4.90 Å². The fraction of sp³-hybridized carbons (Fsp3) is 0.531. The fourth-order valence-corrected chi connectivity index (χ4v) is 7.75. The summed E-state index contributed by atoms with van der Waals surface area (Å²) in [5.41, 5.74) is 0.928. The van der Waals surface area contributed by atoms with E-state index in [1.165, 1.54) is 12.1 Å². The minimum atomic E-state index is -0.916. The number of carbonyl (C=O) groups excluding carboxylic acids is 1. The molecule has 9 nitrogen and oxygen atoms in total. The highest BCUT2D eigenvalue weighted by atomic mass is 19.1. The van der Waals surface area contributed by atoms with Crippen LogP contribution in [0.1, 0.15) is 74.0 Å². The number of anilines is 2. The number of phenols is 1. The van der Waals surface area contributed by atoms with Gasteiger partial charge < -0.3 is 24.7 Å². The van der Waals surface area contributed by atoms with Crippen LogP contribution >= 0.6 is 0 Å². The molecule has 0 unspecified atom stereocenters. The van der Waals surface area contributed by atoms with E-state index in [-0.39, 0.29) is 35.6 Å². The maximum Gasteiger partial charge on any atom is 0.318 e. The van der Waals surface area contributed by atoms with Gasteiger partial charge in [0.15, 0.2) is 0 Å². The number of hydrogen-bond acceptors (Lipinski definition) is 8. The average Bonchev–Trinajstić information content (AvgIpc) is 3.63. The number of β-amino-alcohol motifs (C(OH)–C–C–N with tert-alkyl or cyclic N) is 1. The Labute approximate surface area is 244 Å². The normalized spacial score (nSPS) is 23.6. The van der Waals surface area contributed by atoms with Crippen LogP contribution in [0.3, 0.4) is 0 Å². The highest BCUT2D eigenvalue weighted by Crippen LogP contribution is 2.42. The van der Waals surface area contributed by atoms with Crippen LogP contribution in [0.25, 0.3) is 10.8 Å². The first-order chi connectivity index (χ1) is 20.2. The van der Waals surface area contributed by atoms with Gasteiger partial charge >= 0.3 is 6.01 Å². The van der Waals surface area contributed by atoms with Gasteiger partial charge in [-0.3, -0.25) is 9.69 Å². The largest absolute Gasteiger partial charge is 0.508 e. The van der Waals surface area contributed by atoms with Crippen molar-refractivity contribution in [3.05, 3.63) is 46.9 Å². The number of hydrogen-bond donors (Lipinski definition) is 2. The summed E-state index contributed by atoms with van der Waals surface area (Å²) in [4.78, 5) is 29.8. The van der Waals surface area contributed by atoms with Gasteiger partial charge in [-0.25, -0.2) is 4.39 Å². The van der Waals surface area contributed by atoms with Gasteiger partial charge in [0.05, 0.1) is 29.1 Å². The molecule has 3 saturated heterocycles. The number of phenolic OH excluding ortho intramolecular Hbond substituents is 1. The number of carbonyl (C=O) groups is 1. The van der Waals surface area contributed by atoms with Gasteiger partial charge in [-0.15, -0.1) is 0 Å². The second-order valence-electron chi connectivity index (χ2n) is 12.7. The Hall–Kier alpha value is -3.50. The summed E-state index contributed by atoms with van der Waals surface area (Å²) in [5, 5.41) is 22.8. The molecule has 1 amide bonds. The lowest BCUT2D eigenvalue weighted by Crippen LogP contribution is -2.47. The molecule has 1 atom stereocenters. The summed E-state index contributed by atoms with van der Waals surface area (Å²) in [5.74, 6) is -0.207. The quantitative estimate of drug-likeness (QED) is 0.441. The number of aliphatic hydroxyl groups is 1. The lowest BCUT2D eigenvalue weighted by Gasteiger charge is -2.38. The van der Waals surface area contributed by atoms with Crippen LogP contribution in [-0.2, 0) is 13.0 Å². The molecule has 0 aliphatic carbocycles. The van der Waals surface area contributed by atoms with Gasteiger partial charge in [-0.2, -0.15) is 9.97 Å². The predicted octanol–water partition coefficient (Wildman–Crippen LogP) is 4.56. The zero-order valence-corrected chi connectivity index (χ0v) is 24.3. The summed E-state index contributed by atoms with van der Waals surface area (Å²) in [6, 6.07) is 6.37. The van der Waals surface area contributed by atoms with Gasteiger partial charge in [0.2, 0.25) is 0 Å². The van der Waals surface area contributed by atoms with Crippen LogP contribution in [0, 0.1) is 5.82 Å². The van der Waals surface area contributed by atoms with Crippen molar-refractivity contribution in [1.82, 2.24) is 14.9 Å². The maximum absolute atomic E-state index is 14.9. The molecule has 3 aromatic rings. The summed E-state index contributed by atoms with van der Waals surface area (Å²) in [6.45, 7) is 7.47. The molecule has 0 saturated carbocycles. The molecule has 2 aromatic carbocycles. The number of piperidine rings is 1. The van der Waals surface area contributed by atoms with Crippen LogP contribution in [0.2, 0.25) is 0 Å². The average molecular weight is 576 g/mol. The molecule has 42 heavy (non-hydrogen) atoms. The molecule has 1 aromatic heterocycles. The number of aromatic nitrogens is 2. The molecular formula is C32H38FN5O4. The highest BCUT2D eigenvalue weighted by molar-refractivity contribution is 6.16. The minimum absolute atomic E-state index is 0.00531. The molecule has 2 N–H and O–H groups in total. The van der Waals surface area contributed by atoms with Gasteiger partial charge in [-0.1, -0.05) is 13.0 Å². The molecule has 5 heterocycles. The zero-order valence-electron chi connectivity index (χ0n) is 24.3. The molecule has 4 aliphatic heterocycles. The number of halogens is 1. The summed E-state index contributed by atoms with van der Waals surface area (Å²) in [6.07, 6.45) is 6.35. The van der Waals surface area contributed by atoms with Crippen LogP contribution in [0.5, 0.6) is 11.8 Å². The standard InChI is InChI=1S/C32H38FN5O4/c1-3-22-23(33)8-7-20-15-21(39)16-25(26(20)22)38-17-24-27(29(38)40)28(36-12-4-9-31(2,41)18-36)35-30(34-24)42-19-32-10-5-13-37(32)14-6-11-32/h7-8,15-16,39,41H,3-6,9-14,17-19H2,1-2H3/t31-/m1/s1. The maximum atomic E-state index is 14.9. The van der Waals surface area contributed by atoms with Crippen molar-refractivity contribution in [3.8, 4) is 11.8 Å². The number of aryl methyl sites for hydroxylation is 1. The topological polar surface area (TPSA) is 102 Å². The lowest BCUT2D eigenvalue weighted by molar-refractivity contribution is 0.0445. The van der Waals surface area contributed by atoms with Gasteiger partial charge in [0, 0.05) is 24.5 Å². The monoisotopic (exact) mass is 575 g/mol. The first kappa shape index (κ1) is 27.3. The number of fused-ring (bicyclic) bond motifs is 3. The smallest absolute Gasteiger partial charge is 0.318 e. The Kier molecular flexibility index (Phi) is 6.54. The van der Waals surface area contributed by atoms with Crippen molar-refractivity contribution in [3.63, 3.8) is 0 Å². The Morgan fingerprint density at radius 3 is 2.57 bits per heavy atom. The SMILES string of the molecule is CCc1c(F)ccc2cc(O)cc(N3Cc4nc(OCC56CCCN5CCC6)nc(N5CCC[C@@](C)(O)C5)c4C3=O)c12. The Morgan fingerprint density at radius 2 is 1.83 bits per heavy atom. The van der Waals surface area contributed by atoms with Crippen molar-refractivity contribution < 1.29 is 24.1 Å². The van der Waals surface area contributed by atoms with E-state index in [1.54, 1.807) is 24.0 Å². The van der Waals surface area contributed by atoms with Crippen LogP contribution < -0.4 is 14.5 Å². The molecule has 4 aliphatic rings. The zero-order chi connectivity index (χ0) is 29.2. The predicted molar refractivity (Wildman–Crippen MR) is 158 cm³/mol. The van der Waals surface area contributed by atoms with Crippen LogP contribution in [-0.4, -0.2) is 74.9 Å². The number of amides is 1. The summed E-state index contributed by atoms with van der Waals surface area (Å²) < 4.78 is 21.3.